The summed E-state index contributed by atoms with van der Waals surface area (Å²) in [7, 11) is 0. The first-order valence-electron chi connectivity index (χ1n) is 10.5. The lowest BCUT2D eigenvalue weighted by Gasteiger charge is -2.33. The molecule has 0 unspecified atom stereocenters. The largest absolute Gasteiger partial charge is 0.493 e. The molecule has 3 fully saturated rings. The van der Waals surface area contributed by atoms with Crippen molar-refractivity contribution >= 4 is 11.8 Å². The van der Waals surface area contributed by atoms with Gasteiger partial charge >= 0.3 is 0 Å². The molecule has 2 amide bonds. The van der Waals surface area contributed by atoms with E-state index >= 15 is 0 Å². The number of amides is 2. The molecule has 0 spiro atoms. The zero-order valence-electron chi connectivity index (χ0n) is 16.0. The minimum absolute atomic E-state index is 0.00310. The molecule has 1 N–H and O–H groups in total. The van der Waals surface area contributed by atoms with Crippen molar-refractivity contribution in [1.29, 1.82) is 0 Å². The van der Waals surface area contributed by atoms with Crippen LogP contribution < -0.4 is 10.1 Å². The van der Waals surface area contributed by atoms with E-state index < -0.39 is 0 Å². The summed E-state index contributed by atoms with van der Waals surface area (Å²) >= 11 is 0. The molecule has 27 heavy (non-hydrogen) atoms. The second kappa shape index (κ2) is 8.32. The maximum atomic E-state index is 12.5. The lowest BCUT2D eigenvalue weighted by atomic mass is 9.96. The van der Waals surface area contributed by atoms with Crippen molar-refractivity contribution in [2.24, 2.45) is 11.8 Å². The van der Waals surface area contributed by atoms with Crippen LogP contribution in [0.15, 0.2) is 24.3 Å². The molecule has 1 heterocycles. The first kappa shape index (κ1) is 18.3. The quantitative estimate of drug-likeness (QED) is 0.835. The first-order valence-corrected chi connectivity index (χ1v) is 10.5. The third-order valence-electron chi connectivity index (χ3n) is 6.15. The molecule has 0 atom stereocenters. The average Bonchev–Trinajstić information content (AvgIpc) is 3.35. The summed E-state index contributed by atoms with van der Waals surface area (Å²) in [6.45, 7) is 2.41. The zero-order valence-corrected chi connectivity index (χ0v) is 16.0. The summed E-state index contributed by atoms with van der Waals surface area (Å²) in [6, 6.07) is 7.78. The number of piperidine rings is 1. The van der Waals surface area contributed by atoms with Gasteiger partial charge in [-0.05, 0) is 68.7 Å². The van der Waals surface area contributed by atoms with Crippen molar-refractivity contribution in [3.8, 4) is 5.75 Å². The zero-order chi connectivity index (χ0) is 18.6. The monoisotopic (exact) mass is 370 g/mol. The minimum Gasteiger partial charge on any atom is -0.493 e. The topological polar surface area (TPSA) is 58.6 Å². The van der Waals surface area contributed by atoms with Crippen LogP contribution in [-0.2, 0) is 4.79 Å². The van der Waals surface area contributed by atoms with Crippen LogP contribution in [0, 0.1) is 11.8 Å². The van der Waals surface area contributed by atoms with Crippen LogP contribution in [0.5, 0.6) is 5.75 Å². The van der Waals surface area contributed by atoms with Crippen LogP contribution in [-0.4, -0.2) is 42.5 Å². The van der Waals surface area contributed by atoms with E-state index in [4.69, 9.17) is 4.74 Å². The van der Waals surface area contributed by atoms with Gasteiger partial charge in [0.05, 0.1) is 6.61 Å². The predicted octanol–water partition coefficient (Wildman–Crippen LogP) is 3.39. The number of carbonyl (C=O) groups is 2. The van der Waals surface area contributed by atoms with Gasteiger partial charge < -0.3 is 15.0 Å². The van der Waals surface area contributed by atoms with Gasteiger partial charge in [-0.1, -0.05) is 12.8 Å². The van der Waals surface area contributed by atoms with Crippen molar-refractivity contribution in [2.45, 2.75) is 57.4 Å². The number of ether oxygens (including phenoxy) is 1. The van der Waals surface area contributed by atoms with Crippen LogP contribution in [0.1, 0.15) is 61.7 Å². The van der Waals surface area contributed by atoms with Gasteiger partial charge in [-0.15, -0.1) is 0 Å². The number of nitrogens with zero attached hydrogens (tertiary/aromatic N) is 1. The van der Waals surface area contributed by atoms with Gasteiger partial charge in [-0.3, -0.25) is 9.59 Å². The number of carbonyl (C=O) groups excluding carboxylic acids is 2. The van der Waals surface area contributed by atoms with Crippen LogP contribution in [0.25, 0.3) is 0 Å². The average molecular weight is 370 g/mol. The van der Waals surface area contributed by atoms with E-state index in [1.54, 1.807) is 0 Å². The Labute approximate surface area is 161 Å². The third-order valence-corrected chi connectivity index (χ3v) is 6.15. The summed E-state index contributed by atoms with van der Waals surface area (Å²) in [4.78, 5) is 26.6. The molecule has 0 bridgehead atoms. The number of likely N-dealkylation sites (tertiary alicyclic amines) is 1. The molecule has 1 aliphatic heterocycles. The Balaban J connectivity index is 1.19. The summed E-state index contributed by atoms with van der Waals surface area (Å²) < 4.78 is 5.93. The molecule has 1 aromatic rings. The summed E-state index contributed by atoms with van der Waals surface area (Å²) in [5.41, 5.74) is 0.688. The van der Waals surface area contributed by atoms with E-state index in [1.165, 1.54) is 12.8 Å². The Bertz CT molecular complexity index is 655. The fourth-order valence-electron chi connectivity index (χ4n) is 4.16. The van der Waals surface area contributed by atoms with Gasteiger partial charge in [0.1, 0.15) is 5.75 Å². The van der Waals surface area contributed by atoms with E-state index in [9.17, 15) is 9.59 Å². The van der Waals surface area contributed by atoms with E-state index in [1.807, 2.05) is 24.3 Å². The highest BCUT2D eigenvalue weighted by molar-refractivity contribution is 5.94. The molecule has 1 aromatic carbocycles. The number of benzene rings is 1. The van der Waals surface area contributed by atoms with Crippen LogP contribution >= 0.6 is 0 Å². The molecule has 3 aliphatic rings. The molecule has 5 nitrogen and oxygen atoms in total. The van der Waals surface area contributed by atoms with Crippen molar-refractivity contribution in [3.05, 3.63) is 29.8 Å². The van der Waals surface area contributed by atoms with Crippen molar-refractivity contribution in [3.63, 3.8) is 0 Å². The summed E-state index contributed by atoms with van der Waals surface area (Å²) in [5.74, 6) is 1.97. The molecule has 2 aliphatic carbocycles. The van der Waals surface area contributed by atoms with Gasteiger partial charge in [-0.25, -0.2) is 0 Å². The maximum Gasteiger partial charge on any atom is 0.251 e. The Kier molecular flexibility index (Phi) is 5.65. The number of hydrogen-bond donors (Lipinski definition) is 1. The normalized spacial score (nSPS) is 21.3. The summed E-state index contributed by atoms with van der Waals surface area (Å²) in [6.07, 6.45) is 8.80. The van der Waals surface area contributed by atoms with Crippen molar-refractivity contribution in [2.75, 3.05) is 19.7 Å². The Morgan fingerprint density at radius 2 is 1.63 bits per heavy atom. The molecule has 5 heteroatoms. The SMILES string of the molecule is O=C(NC1CC1)c1ccc(OCC2CCN(C(=O)C3CCCC3)CC2)cc1. The molecule has 146 valence electrons. The van der Waals surface area contributed by atoms with Gasteiger partial charge in [-0.2, -0.15) is 0 Å². The van der Waals surface area contributed by atoms with E-state index in [0.717, 1.165) is 57.4 Å². The van der Waals surface area contributed by atoms with Gasteiger partial charge in [0.25, 0.3) is 5.91 Å². The summed E-state index contributed by atoms with van der Waals surface area (Å²) in [5, 5.41) is 2.99. The van der Waals surface area contributed by atoms with E-state index in [-0.39, 0.29) is 11.8 Å². The standard InChI is InChI=1S/C22H30N2O3/c25-21(23-19-7-8-19)17-5-9-20(10-6-17)27-15-16-11-13-24(14-12-16)22(26)18-3-1-2-4-18/h5-6,9-10,16,18-19H,1-4,7-8,11-15H2,(H,23,25). The molecule has 0 radical (unpaired) electrons. The molecule has 0 aromatic heterocycles. The van der Waals surface area contributed by atoms with Crippen LogP contribution in [0.4, 0.5) is 0 Å². The Morgan fingerprint density at radius 1 is 0.963 bits per heavy atom. The fourth-order valence-corrected chi connectivity index (χ4v) is 4.16. The van der Waals surface area contributed by atoms with Gasteiger partial charge in [0, 0.05) is 30.6 Å². The highest BCUT2D eigenvalue weighted by Gasteiger charge is 2.30. The number of rotatable bonds is 6. The van der Waals surface area contributed by atoms with Crippen LogP contribution in [0.2, 0.25) is 0 Å². The molecule has 4 rings (SSSR count). The molecule has 2 saturated carbocycles. The van der Waals surface area contributed by atoms with Gasteiger partial charge in [0.15, 0.2) is 0 Å². The smallest absolute Gasteiger partial charge is 0.251 e. The Hall–Kier alpha value is -2.04. The Morgan fingerprint density at radius 3 is 2.26 bits per heavy atom. The van der Waals surface area contributed by atoms with Crippen LogP contribution in [0.3, 0.4) is 0 Å². The lowest BCUT2D eigenvalue weighted by molar-refractivity contribution is -0.136. The molecular weight excluding hydrogens is 340 g/mol. The van der Waals surface area contributed by atoms with Crippen molar-refractivity contribution < 1.29 is 14.3 Å². The highest BCUT2D eigenvalue weighted by atomic mass is 16.5. The first-order chi connectivity index (χ1) is 13.2. The third kappa shape index (κ3) is 4.82. The number of hydrogen-bond acceptors (Lipinski definition) is 3. The minimum atomic E-state index is 0.00310. The molecule has 1 saturated heterocycles. The maximum absolute atomic E-state index is 12.5. The molecular formula is C22H30N2O3. The van der Waals surface area contributed by atoms with E-state index in [0.29, 0.717) is 30.0 Å². The second-order valence-electron chi connectivity index (χ2n) is 8.33. The highest BCUT2D eigenvalue weighted by Crippen LogP contribution is 2.28. The van der Waals surface area contributed by atoms with Crippen molar-refractivity contribution in [1.82, 2.24) is 10.2 Å². The second-order valence-corrected chi connectivity index (χ2v) is 8.33. The predicted molar refractivity (Wildman–Crippen MR) is 104 cm³/mol. The number of nitrogens with one attached hydrogen (secondary N) is 1. The van der Waals surface area contributed by atoms with E-state index in [2.05, 4.69) is 10.2 Å². The van der Waals surface area contributed by atoms with Gasteiger partial charge in [0.2, 0.25) is 5.91 Å². The lowest BCUT2D eigenvalue weighted by Crippen LogP contribution is -2.42. The fraction of sp³-hybridized carbons (Fsp3) is 0.636.